The Bertz CT molecular complexity index is 954. The van der Waals surface area contributed by atoms with Crippen molar-refractivity contribution in [2.24, 2.45) is 0 Å². The number of esters is 1. The molecule has 5 nitrogen and oxygen atoms in total. The smallest absolute Gasteiger partial charge is 0.343 e. The van der Waals surface area contributed by atoms with Crippen molar-refractivity contribution in [2.45, 2.75) is 20.8 Å². The van der Waals surface area contributed by atoms with Crippen LogP contribution in [0.2, 0.25) is 0 Å². The predicted octanol–water partition coefficient (Wildman–Crippen LogP) is 4.50. The number of cyclic esters (lactones) is 1. The third-order valence-corrected chi connectivity index (χ3v) is 4.27. The lowest BCUT2D eigenvalue weighted by Gasteiger charge is -2.05. The number of aryl methyl sites for hydroxylation is 3. The van der Waals surface area contributed by atoms with E-state index in [4.69, 9.17) is 4.74 Å². The second-order valence-corrected chi connectivity index (χ2v) is 6.10. The highest BCUT2D eigenvalue weighted by Crippen LogP contribution is 2.29. The van der Waals surface area contributed by atoms with Gasteiger partial charge in [0.1, 0.15) is 5.76 Å². The van der Waals surface area contributed by atoms with E-state index < -0.39 is 10.9 Å². The molecular weight excluding hydrogens is 318 g/mol. The SMILES string of the molecule is Cc1ccc(C2=CC(=Cc3ccc(C)c([N+](=O)[O-])c3)C(=O)O2)cc1C. The summed E-state index contributed by atoms with van der Waals surface area (Å²) in [6.07, 6.45) is 3.26. The molecule has 0 fully saturated rings. The van der Waals surface area contributed by atoms with Gasteiger partial charge >= 0.3 is 5.97 Å². The number of benzene rings is 2. The lowest BCUT2D eigenvalue weighted by molar-refractivity contribution is -0.385. The zero-order valence-electron chi connectivity index (χ0n) is 14.2. The Kier molecular flexibility index (Phi) is 4.23. The van der Waals surface area contributed by atoms with Crippen LogP contribution in [-0.4, -0.2) is 10.9 Å². The molecule has 5 heteroatoms. The van der Waals surface area contributed by atoms with E-state index in [0.717, 1.165) is 16.7 Å². The third kappa shape index (κ3) is 3.35. The van der Waals surface area contributed by atoms with E-state index >= 15 is 0 Å². The second-order valence-electron chi connectivity index (χ2n) is 6.10. The summed E-state index contributed by atoms with van der Waals surface area (Å²) in [5.41, 5.74) is 4.66. The Hall–Kier alpha value is -3.21. The summed E-state index contributed by atoms with van der Waals surface area (Å²) >= 11 is 0. The Morgan fingerprint density at radius 1 is 1.00 bits per heavy atom. The quantitative estimate of drug-likeness (QED) is 0.358. The first kappa shape index (κ1) is 16.6. The fourth-order valence-electron chi connectivity index (χ4n) is 2.62. The molecule has 3 rings (SSSR count). The minimum Gasteiger partial charge on any atom is -0.422 e. The number of ether oxygens (including phenoxy) is 1. The third-order valence-electron chi connectivity index (χ3n) is 4.27. The van der Waals surface area contributed by atoms with Crippen LogP contribution < -0.4 is 0 Å². The largest absolute Gasteiger partial charge is 0.422 e. The van der Waals surface area contributed by atoms with Crippen molar-refractivity contribution in [3.05, 3.63) is 86.0 Å². The van der Waals surface area contributed by atoms with Crippen LogP contribution in [0.15, 0.2) is 48.0 Å². The van der Waals surface area contributed by atoms with E-state index in [2.05, 4.69) is 0 Å². The first-order chi connectivity index (χ1) is 11.8. The van der Waals surface area contributed by atoms with Crippen LogP contribution in [0.5, 0.6) is 0 Å². The van der Waals surface area contributed by atoms with Crippen LogP contribution in [-0.2, 0) is 9.53 Å². The molecule has 0 N–H and O–H groups in total. The number of hydrogen-bond acceptors (Lipinski definition) is 4. The van der Waals surface area contributed by atoms with Crippen LogP contribution in [0.1, 0.15) is 27.8 Å². The summed E-state index contributed by atoms with van der Waals surface area (Å²) in [5, 5.41) is 11.1. The number of hydrogen-bond donors (Lipinski definition) is 0. The van der Waals surface area contributed by atoms with Crippen LogP contribution in [0.3, 0.4) is 0 Å². The molecule has 0 aliphatic carbocycles. The molecule has 25 heavy (non-hydrogen) atoms. The van der Waals surface area contributed by atoms with Gasteiger partial charge in [-0.1, -0.05) is 24.3 Å². The predicted molar refractivity (Wildman–Crippen MR) is 95.8 cm³/mol. The zero-order chi connectivity index (χ0) is 18.1. The van der Waals surface area contributed by atoms with Crippen molar-refractivity contribution < 1.29 is 14.5 Å². The van der Waals surface area contributed by atoms with Crippen molar-refractivity contribution in [3.8, 4) is 0 Å². The number of nitro groups is 1. The van der Waals surface area contributed by atoms with Crippen LogP contribution in [0.25, 0.3) is 11.8 Å². The molecule has 0 aromatic heterocycles. The van der Waals surface area contributed by atoms with E-state index in [-0.39, 0.29) is 5.69 Å². The van der Waals surface area contributed by atoms with E-state index in [0.29, 0.717) is 22.5 Å². The molecule has 0 saturated carbocycles. The van der Waals surface area contributed by atoms with Crippen molar-refractivity contribution in [1.29, 1.82) is 0 Å². The van der Waals surface area contributed by atoms with Gasteiger partial charge in [-0.3, -0.25) is 10.1 Å². The van der Waals surface area contributed by atoms with Crippen LogP contribution >= 0.6 is 0 Å². The maximum absolute atomic E-state index is 12.1. The molecule has 1 heterocycles. The lowest BCUT2D eigenvalue weighted by atomic mass is 10.0. The van der Waals surface area contributed by atoms with Gasteiger partial charge < -0.3 is 4.74 Å². The van der Waals surface area contributed by atoms with Gasteiger partial charge in [-0.05, 0) is 55.7 Å². The molecule has 0 atom stereocenters. The van der Waals surface area contributed by atoms with Gasteiger partial charge in [-0.15, -0.1) is 0 Å². The van der Waals surface area contributed by atoms with Crippen LogP contribution in [0, 0.1) is 30.9 Å². The highest BCUT2D eigenvalue weighted by atomic mass is 16.6. The topological polar surface area (TPSA) is 69.4 Å². The van der Waals surface area contributed by atoms with Crippen molar-refractivity contribution in [1.82, 2.24) is 0 Å². The fraction of sp³-hybridized carbons (Fsp3) is 0.150. The van der Waals surface area contributed by atoms with Gasteiger partial charge in [0.05, 0.1) is 10.5 Å². The van der Waals surface area contributed by atoms with Gasteiger partial charge in [-0.2, -0.15) is 0 Å². The molecule has 2 aromatic rings. The fourth-order valence-corrected chi connectivity index (χ4v) is 2.62. The van der Waals surface area contributed by atoms with Gasteiger partial charge in [0, 0.05) is 17.2 Å². The standard InChI is InChI=1S/C20H17NO4/c1-12-5-7-16(8-14(12)3)19-11-17(20(22)25-19)9-15-6-4-13(2)18(10-15)21(23)24/h4-11H,1-3H3. The number of nitrogens with zero attached hydrogens (tertiary/aromatic N) is 1. The summed E-state index contributed by atoms with van der Waals surface area (Å²) < 4.78 is 5.35. The van der Waals surface area contributed by atoms with E-state index in [1.54, 1.807) is 31.2 Å². The van der Waals surface area contributed by atoms with E-state index in [1.807, 2.05) is 32.0 Å². The average Bonchev–Trinajstić information content (AvgIpc) is 2.92. The zero-order valence-corrected chi connectivity index (χ0v) is 14.2. The van der Waals surface area contributed by atoms with Crippen molar-refractivity contribution in [2.75, 3.05) is 0 Å². The minimum atomic E-state index is -0.462. The maximum atomic E-state index is 12.1. The first-order valence-electron chi connectivity index (χ1n) is 7.83. The van der Waals surface area contributed by atoms with Crippen molar-refractivity contribution >= 4 is 23.5 Å². The summed E-state index contributed by atoms with van der Waals surface area (Å²) in [4.78, 5) is 22.7. The molecule has 0 spiro atoms. The molecule has 126 valence electrons. The Labute approximate surface area is 145 Å². The van der Waals surface area contributed by atoms with E-state index in [9.17, 15) is 14.9 Å². The van der Waals surface area contributed by atoms with Gasteiger partial charge in [0.2, 0.25) is 0 Å². The summed E-state index contributed by atoms with van der Waals surface area (Å²) in [6, 6.07) is 10.7. The Balaban J connectivity index is 1.97. The Morgan fingerprint density at radius 3 is 2.40 bits per heavy atom. The molecule has 2 aromatic carbocycles. The normalized spacial score (nSPS) is 15.2. The Morgan fingerprint density at radius 2 is 1.72 bits per heavy atom. The number of rotatable bonds is 3. The maximum Gasteiger partial charge on any atom is 0.343 e. The van der Waals surface area contributed by atoms with Gasteiger partial charge in [0.25, 0.3) is 5.69 Å². The molecule has 1 aliphatic rings. The molecule has 0 saturated heterocycles. The van der Waals surface area contributed by atoms with Gasteiger partial charge in [-0.25, -0.2) is 4.79 Å². The van der Waals surface area contributed by atoms with Crippen LogP contribution in [0.4, 0.5) is 5.69 Å². The lowest BCUT2D eigenvalue weighted by Crippen LogP contribution is -1.98. The highest BCUT2D eigenvalue weighted by Gasteiger charge is 2.22. The molecule has 1 aliphatic heterocycles. The summed E-state index contributed by atoms with van der Waals surface area (Å²) in [6.45, 7) is 5.69. The average molecular weight is 335 g/mol. The molecule has 0 bridgehead atoms. The summed E-state index contributed by atoms with van der Waals surface area (Å²) in [5.74, 6) is 0.0254. The highest BCUT2D eigenvalue weighted by molar-refractivity contribution is 6.05. The summed E-state index contributed by atoms with van der Waals surface area (Å²) in [7, 11) is 0. The van der Waals surface area contributed by atoms with Crippen molar-refractivity contribution in [3.63, 3.8) is 0 Å². The second kappa shape index (κ2) is 6.36. The van der Waals surface area contributed by atoms with Gasteiger partial charge in [0.15, 0.2) is 0 Å². The first-order valence-corrected chi connectivity index (χ1v) is 7.83. The van der Waals surface area contributed by atoms with E-state index in [1.165, 1.54) is 6.07 Å². The number of carbonyl (C=O) groups excluding carboxylic acids is 1. The molecule has 0 radical (unpaired) electrons. The minimum absolute atomic E-state index is 0.0269. The molecule has 0 amide bonds. The monoisotopic (exact) mass is 335 g/mol. The molecular formula is C20H17NO4. The number of nitro benzene ring substituents is 1. The molecule has 0 unspecified atom stereocenters. The number of carbonyl (C=O) groups is 1.